The number of carboxylic acid groups (broad SMARTS) is 1. The number of ether oxygens (including phenoxy) is 3. The summed E-state index contributed by atoms with van der Waals surface area (Å²) < 4.78 is 15.4. The number of methoxy groups -OCH3 is 1. The van der Waals surface area contributed by atoms with Crippen LogP contribution in [-0.4, -0.2) is 42.3 Å². The molecule has 0 saturated heterocycles. The highest BCUT2D eigenvalue weighted by Gasteiger charge is 2.20. The molecular formula is C16H19NO8. The van der Waals surface area contributed by atoms with Crippen molar-refractivity contribution < 1.29 is 33.8 Å². The molecule has 25 heavy (non-hydrogen) atoms. The number of nitro groups is 1. The maximum atomic E-state index is 11.3. The van der Waals surface area contributed by atoms with Crippen molar-refractivity contribution in [1.29, 1.82) is 0 Å². The van der Waals surface area contributed by atoms with Crippen LogP contribution in [0.4, 0.5) is 5.69 Å². The van der Waals surface area contributed by atoms with E-state index < -0.39 is 16.9 Å². The third-order valence-corrected chi connectivity index (χ3v) is 3.14. The minimum Gasteiger partial charge on any atom is -0.493 e. The normalized spacial score (nSPS) is 9.96. The first-order chi connectivity index (χ1) is 11.9. The minimum atomic E-state index is -0.953. The molecule has 0 spiro atoms. The molecule has 0 saturated carbocycles. The Morgan fingerprint density at radius 1 is 1.32 bits per heavy atom. The quantitative estimate of drug-likeness (QED) is 0.211. The minimum absolute atomic E-state index is 0.0480. The Kier molecular flexibility index (Phi) is 7.91. The van der Waals surface area contributed by atoms with Crippen molar-refractivity contribution in [1.82, 2.24) is 0 Å². The van der Waals surface area contributed by atoms with Gasteiger partial charge in [0.1, 0.15) is 0 Å². The van der Waals surface area contributed by atoms with Gasteiger partial charge in [0.05, 0.1) is 31.3 Å². The Morgan fingerprint density at radius 3 is 2.60 bits per heavy atom. The molecule has 0 aliphatic heterocycles. The van der Waals surface area contributed by atoms with Crippen LogP contribution in [0.25, 0.3) is 0 Å². The zero-order valence-electron chi connectivity index (χ0n) is 13.7. The number of aliphatic carboxylic acids is 1. The van der Waals surface area contributed by atoms with E-state index in [1.54, 1.807) is 0 Å². The Balaban J connectivity index is 2.91. The van der Waals surface area contributed by atoms with E-state index in [9.17, 15) is 19.7 Å². The Labute approximate surface area is 144 Å². The first-order valence-corrected chi connectivity index (χ1v) is 7.38. The molecule has 0 bridgehead atoms. The number of carbonyl (C=O) groups is 2. The van der Waals surface area contributed by atoms with Gasteiger partial charge in [-0.25, -0.2) is 4.79 Å². The van der Waals surface area contributed by atoms with Crippen molar-refractivity contribution in [3.05, 3.63) is 40.5 Å². The third-order valence-electron chi connectivity index (χ3n) is 3.14. The highest BCUT2D eigenvalue weighted by molar-refractivity contribution is 5.81. The monoisotopic (exact) mass is 353 g/mol. The Bertz CT molecular complexity index is 656. The van der Waals surface area contributed by atoms with Crippen LogP contribution in [-0.2, 0) is 20.7 Å². The molecule has 1 aromatic carbocycles. The van der Waals surface area contributed by atoms with Crippen molar-refractivity contribution in [2.75, 3.05) is 20.3 Å². The molecule has 0 heterocycles. The van der Waals surface area contributed by atoms with Crippen molar-refractivity contribution in [2.24, 2.45) is 0 Å². The van der Waals surface area contributed by atoms with Crippen molar-refractivity contribution >= 4 is 17.6 Å². The van der Waals surface area contributed by atoms with Crippen LogP contribution < -0.4 is 9.47 Å². The lowest BCUT2D eigenvalue weighted by molar-refractivity contribution is -0.385. The lowest BCUT2D eigenvalue weighted by atomic mass is 10.1. The number of hydrogen-bond acceptors (Lipinski definition) is 7. The molecule has 0 atom stereocenters. The van der Waals surface area contributed by atoms with Crippen molar-refractivity contribution in [3.8, 4) is 11.5 Å². The molecule has 0 fully saturated rings. The standard InChI is InChI=1S/C16H19NO8/c1-3-16(20)25-8-6-11-9-13(23-2)14(10-12(11)17(21)22)24-7-4-5-15(18)19/h3,9-10H,1,4-8H2,2H3,(H,18,19). The molecule has 0 aromatic heterocycles. The molecule has 0 aliphatic rings. The van der Waals surface area contributed by atoms with E-state index in [1.165, 1.54) is 19.2 Å². The first kappa shape index (κ1) is 19.9. The number of nitrogens with zero attached hydrogens (tertiary/aromatic N) is 1. The van der Waals surface area contributed by atoms with Gasteiger partial charge in [0.25, 0.3) is 5.69 Å². The highest BCUT2D eigenvalue weighted by atomic mass is 16.6. The number of carbonyl (C=O) groups excluding carboxylic acids is 1. The highest BCUT2D eigenvalue weighted by Crippen LogP contribution is 2.35. The SMILES string of the molecule is C=CC(=O)OCCc1cc(OC)c(OCCCC(=O)O)cc1[N+](=O)[O-]. The zero-order chi connectivity index (χ0) is 18.8. The van der Waals surface area contributed by atoms with Gasteiger partial charge < -0.3 is 19.3 Å². The van der Waals surface area contributed by atoms with Crippen LogP contribution in [0.2, 0.25) is 0 Å². The fourth-order valence-corrected chi connectivity index (χ4v) is 1.96. The number of hydrogen-bond donors (Lipinski definition) is 1. The Hall–Kier alpha value is -3.10. The maximum absolute atomic E-state index is 11.3. The van der Waals surface area contributed by atoms with Gasteiger partial charge in [0, 0.05) is 24.5 Å². The summed E-state index contributed by atoms with van der Waals surface area (Å²) in [4.78, 5) is 32.2. The van der Waals surface area contributed by atoms with Crippen LogP contribution in [0.1, 0.15) is 18.4 Å². The molecule has 9 heteroatoms. The fraction of sp³-hybridized carbons (Fsp3) is 0.375. The van der Waals surface area contributed by atoms with Gasteiger partial charge in [-0.1, -0.05) is 6.58 Å². The van der Waals surface area contributed by atoms with Crippen LogP contribution >= 0.6 is 0 Å². The lowest BCUT2D eigenvalue weighted by Gasteiger charge is -2.12. The average Bonchev–Trinajstić information content (AvgIpc) is 2.58. The van der Waals surface area contributed by atoms with Crippen LogP contribution in [0.5, 0.6) is 11.5 Å². The first-order valence-electron chi connectivity index (χ1n) is 7.38. The van der Waals surface area contributed by atoms with Gasteiger partial charge in [0.2, 0.25) is 0 Å². The van der Waals surface area contributed by atoms with E-state index in [1.807, 2.05) is 0 Å². The van der Waals surface area contributed by atoms with Crippen LogP contribution in [0, 0.1) is 10.1 Å². The largest absolute Gasteiger partial charge is 0.493 e. The van der Waals surface area contributed by atoms with E-state index in [0.29, 0.717) is 5.56 Å². The summed E-state index contributed by atoms with van der Waals surface area (Å²) in [5.41, 5.74) is 0.111. The molecule has 1 N–H and O–H groups in total. The molecule has 9 nitrogen and oxygen atoms in total. The number of rotatable bonds is 11. The van der Waals surface area contributed by atoms with Gasteiger partial charge in [-0.05, 0) is 12.5 Å². The smallest absolute Gasteiger partial charge is 0.330 e. The maximum Gasteiger partial charge on any atom is 0.330 e. The van der Waals surface area contributed by atoms with E-state index in [4.69, 9.17) is 19.3 Å². The van der Waals surface area contributed by atoms with E-state index in [0.717, 1.165) is 6.08 Å². The van der Waals surface area contributed by atoms with Gasteiger partial charge in [0.15, 0.2) is 11.5 Å². The second-order valence-electron chi connectivity index (χ2n) is 4.86. The summed E-state index contributed by atoms with van der Waals surface area (Å²) in [6.45, 7) is 3.29. The summed E-state index contributed by atoms with van der Waals surface area (Å²) in [6, 6.07) is 2.65. The summed E-state index contributed by atoms with van der Waals surface area (Å²) in [7, 11) is 1.38. The van der Waals surface area contributed by atoms with Crippen molar-refractivity contribution in [3.63, 3.8) is 0 Å². The van der Waals surface area contributed by atoms with Gasteiger partial charge >= 0.3 is 11.9 Å². The number of nitro benzene ring substituents is 1. The molecule has 0 unspecified atom stereocenters. The summed E-state index contributed by atoms with van der Waals surface area (Å²) >= 11 is 0. The molecule has 136 valence electrons. The molecule has 1 rings (SSSR count). The fourth-order valence-electron chi connectivity index (χ4n) is 1.96. The molecule has 0 amide bonds. The second-order valence-corrected chi connectivity index (χ2v) is 4.86. The molecule has 1 aromatic rings. The zero-order valence-corrected chi connectivity index (χ0v) is 13.7. The van der Waals surface area contributed by atoms with E-state index in [-0.39, 0.29) is 49.7 Å². The van der Waals surface area contributed by atoms with Gasteiger partial charge in [-0.2, -0.15) is 0 Å². The van der Waals surface area contributed by atoms with Crippen LogP contribution in [0.3, 0.4) is 0 Å². The third kappa shape index (κ3) is 6.50. The topological polar surface area (TPSA) is 125 Å². The predicted octanol–water partition coefficient (Wildman–Crippen LogP) is 2.12. The number of carboxylic acids is 1. The second kappa shape index (κ2) is 9.91. The molecular weight excluding hydrogens is 334 g/mol. The molecule has 0 aliphatic carbocycles. The Morgan fingerprint density at radius 2 is 2.04 bits per heavy atom. The average molecular weight is 353 g/mol. The number of esters is 1. The van der Waals surface area contributed by atoms with Gasteiger partial charge in [-0.15, -0.1) is 0 Å². The van der Waals surface area contributed by atoms with E-state index in [2.05, 4.69) is 6.58 Å². The predicted molar refractivity (Wildman–Crippen MR) is 86.9 cm³/mol. The summed E-state index contributed by atoms with van der Waals surface area (Å²) in [5, 5.41) is 19.8. The number of benzene rings is 1. The van der Waals surface area contributed by atoms with Gasteiger partial charge in [-0.3, -0.25) is 14.9 Å². The molecule has 0 radical (unpaired) electrons. The summed E-state index contributed by atoms with van der Waals surface area (Å²) in [5.74, 6) is -1.16. The van der Waals surface area contributed by atoms with Crippen LogP contribution in [0.15, 0.2) is 24.8 Å². The lowest BCUT2D eigenvalue weighted by Crippen LogP contribution is -2.08. The summed E-state index contributed by atoms with van der Waals surface area (Å²) in [6.07, 6.45) is 1.30. The van der Waals surface area contributed by atoms with Crippen molar-refractivity contribution in [2.45, 2.75) is 19.3 Å². The van der Waals surface area contributed by atoms with E-state index >= 15 is 0 Å².